The molecule has 1 aromatic heterocycles. The SMILES string of the molecule is CC(C)(c1nnc(N)o1)c1ccccc1Br. The number of hydrogen-bond acceptors (Lipinski definition) is 4. The van der Waals surface area contributed by atoms with Crippen molar-refractivity contribution in [2.24, 2.45) is 0 Å². The normalized spacial score (nSPS) is 11.7. The monoisotopic (exact) mass is 281 g/mol. The first-order chi connectivity index (χ1) is 7.51. The van der Waals surface area contributed by atoms with Crippen LogP contribution >= 0.6 is 15.9 Å². The fraction of sp³-hybridized carbons (Fsp3) is 0.273. The Bertz CT molecular complexity index is 507. The summed E-state index contributed by atoms with van der Waals surface area (Å²) in [5, 5.41) is 7.63. The van der Waals surface area contributed by atoms with Crippen molar-refractivity contribution in [2.75, 3.05) is 5.73 Å². The van der Waals surface area contributed by atoms with Crippen molar-refractivity contribution in [3.63, 3.8) is 0 Å². The van der Waals surface area contributed by atoms with Gasteiger partial charge in [0.15, 0.2) is 0 Å². The van der Waals surface area contributed by atoms with E-state index < -0.39 is 0 Å². The molecule has 0 saturated carbocycles. The molecule has 0 aliphatic heterocycles. The zero-order valence-electron chi connectivity index (χ0n) is 9.07. The number of hydrogen-bond donors (Lipinski definition) is 1. The van der Waals surface area contributed by atoms with Gasteiger partial charge in [-0.25, -0.2) is 0 Å². The van der Waals surface area contributed by atoms with E-state index in [1.807, 2.05) is 38.1 Å². The first kappa shape index (κ1) is 11.1. The van der Waals surface area contributed by atoms with E-state index in [0.717, 1.165) is 10.0 Å². The molecule has 0 aliphatic carbocycles. The summed E-state index contributed by atoms with van der Waals surface area (Å²) >= 11 is 3.52. The average molecular weight is 282 g/mol. The zero-order chi connectivity index (χ0) is 11.8. The van der Waals surface area contributed by atoms with E-state index in [2.05, 4.69) is 26.1 Å². The van der Waals surface area contributed by atoms with Gasteiger partial charge in [0.05, 0.1) is 5.41 Å². The minimum atomic E-state index is -0.370. The molecule has 0 saturated heterocycles. The first-order valence-electron chi connectivity index (χ1n) is 4.86. The number of nitrogen functional groups attached to an aromatic ring is 1. The topological polar surface area (TPSA) is 64.9 Å². The first-order valence-corrected chi connectivity index (χ1v) is 5.65. The van der Waals surface area contributed by atoms with E-state index in [9.17, 15) is 0 Å². The Morgan fingerprint density at radius 1 is 1.25 bits per heavy atom. The summed E-state index contributed by atoms with van der Waals surface area (Å²) in [7, 11) is 0. The Morgan fingerprint density at radius 3 is 2.50 bits per heavy atom. The number of anilines is 1. The van der Waals surface area contributed by atoms with Crippen LogP contribution in [0.3, 0.4) is 0 Å². The summed E-state index contributed by atoms with van der Waals surface area (Å²) in [4.78, 5) is 0. The minimum Gasteiger partial charge on any atom is -0.407 e. The van der Waals surface area contributed by atoms with Gasteiger partial charge in [0.2, 0.25) is 5.89 Å². The molecule has 16 heavy (non-hydrogen) atoms. The third-order valence-corrected chi connectivity index (χ3v) is 3.21. The number of rotatable bonds is 2. The van der Waals surface area contributed by atoms with Crippen molar-refractivity contribution >= 4 is 21.9 Å². The van der Waals surface area contributed by atoms with Gasteiger partial charge in [-0.15, -0.1) is 5.10 Å². The van der Waals surface area contributed by atoms with E-state index in [1.165, 1.54) is 0 Å². The standard InChI is InChI=1S/C11H12BrN3O/c1-11(2,9-14-15-10(13)16-9)7-5-3-4-6-8(7)12/h3-6H,1-2H3,(H2,13,15). The van der Waals surface area contributed by atoms with E-state index in [-0.39, 0.29) is 11.4 Å². The van der Waals surface area contributed by atoms with Crippen molar-refractivity contribution in [3.05, 3.63) is 40.2 Å². The second-order valence-electron chi connectivity index (χ2n) is 4.05. The summed E-state index contributed by atoms with van der Waals surface area (Å²) in [6, 6.07) is 8.03. The molecule has 2 rings (SSSR count). The lowest BCUT2D eigenvalue weighted by Gasteiger charge is -2.21. The Labute approximate surface area is 102 Å². The number of benzene rings is 1. The Balaban J connectivity index is 2.50. The molecule has 0 radical (unpaired) electrons. The molecule has 0 atom stereocenters. The highest BCUT2D eigenvalue weighted by molar-refractivity contribution is 9.10. The zero-order valence-corrected chi connectivity index (χ0v) is 10.7. The van der Waals surface area contributed by atoms with Gasteiger partial charge in [-0.1, -0.05) is 39.2 Å². The predicted octanol–water partition coefficient (Wildman–Crippen LogP) is 2.74. The minimum absolute atomic E-state index is 0.0927. The van der Waals surface area contributed by atoms with E-state index in [4.69, 9.17) is 10.2 Å². The molecule has 1 aromatic carbocycles. The third kappa shape index (κ3) is 1.82. The molecule has 4 nitrogen and oxygen atoms in total. The summed E-state index contributed by atoms with van der Waals surface area (Å²) in [6.45, 7) is 4.03. The number of halogens is 1. The lowest BCUT2D eigenvalue weighted by molar-refractivity contribution is 0.421. The summed E-state index contributed by atoms with van der Waals surface area (Å²) < 4.78 is 6.30. The second-order valence-corrected chi connectivity index (χ2v) is 4.90. The number of nitrogens with two attached hydrogens (primary N) is 1. The molecule has 0 amide bonds. The van der Waals surface area contributed by atoms with Gasteiger partial charge in [-0.05, 0) is 25.5 Å². The molecule has 1 heterocycles. The molecular weight excluding hydrogens is 270 g/mol. The van der Waals surface area contributed by atoms with Crippen LogP contribution in [0.5, 0.6) is 0 Å². The highest BCUT2D eigenvalue weighted by atomic mass is 79.9. The smallest absolute Gasteiger partial charge is 0.312 e. The van der Waals surface area contributed by atoms with Crippen LogP contribution in [0.2, 0.25) is 0 Å². The van der Waals surface area contributed by atoms with Crippen LogP contribution < -0.4 is 5.73 Å². The third-order valence-electron chi connectivity index (χ3n) is 2.52. The molecule has 84 valence electrons. The molecule has 2 N–H and O–H groups in total. The van der Waals surface area contributed by atoms with Crippen LogP contribution in [-0.4, -0.2) is 10.2 Å². The predicted molar refractivity (Wildman–Crippen MR) is 65.0 cm³/mol. The van der Waals surface area contributed by atoms with Gasteiger partial charge in [-0.2, -0.15) is 0 Å². The van der Waals surface area contributed by atoms with Crippen LogP contribution in [0.1, 0.15) is 25.3 Å². The number of nitrogens with zero attached hydrogens (tertiary/aromatic N) is 2. The maximum Gasteiger partial charge on any atom is 0.312 e. The van der Waals surface area contributed by atoms with Gasteiger partial charge >= 0.3 is 6.01 Å². The lowest BCUT2D eigenvalue weighted by Crippen LogP contribution is -2.20. The molecule has 0 spiro atoms. The van der Waals surface area contributed by atoms with Crippen molar-refractivity contribution in [2.45, 2.75) is 19.3 Å². The van der Waals surface area contributed by atoms with Gasteiger partial charge in [-0.3, -0.25) is 0 Å². The van der Waals surface area contributed by atoms with Crippen molar-refractivity contribution in [1.29, 1.82) is 0 Å². The largest absolute Gasteiger partial charge is 0.407 e. The quantitative estimate of drug-likeness (QED) is 0.919. The van der Waals surface area contributed by atoms with Gasteiger partial charge < -0.3 is 10.2 Å². The van der Waals surface area contributed by atoms with E-state index in [1.54, 1.807) is 0 Å². The van der Waals surface area contributed by atoms with Gasteiger partial charge in [0.25, 0.3) is 0 Å². The maximum absolute atomic E-state index is 5.44. The Hall–Kier alpha value is -1.36. The molecule has 0 bridgehead atoms. The average Bonchev–Trinajstić information content (AvgIpc) is 2.66. The van der Waals surface area contributed by atoms with Crippen LogP contribution in [0.25, 0.3) is 0 Å². The second kappa shape index (κ2) is 3.90. The molecule has 0 aliphatic rings. The Morgan fingerprint density at radius 2 is 1.94 bits per heavy atom. The summed E-state index contributed by atoms with van der Waals surface area (Å²) in [5.41, 5.74) is 6.15. The van der Waals surface area contributed by atoms with Gasteiger partial charge in [0.1, 0.15) is 0 Å². The molecule has 2 aromatic rings. The van der Waals surface area contributed by atoms with Crippen molar-refractivity contribution in [3.8, 4) is 0 Å². The van der Waals surface area contributed by atoms with Crippen LogP contribution in [0.15, 0.2) is 33.2 Å². The Kier molecular flexibility index (Phi) is 2.71. The fourth-order valence-electron chi connectivity index (χ4n) is 1.57. The molecule has 0 fully saturated rings. The lowest BCUT2D eigenvalue weighted by atomic mass is 9.84. The van der Waals surface area contributed by atoms with Gasteiger partial charge in [0, 0.05) is 4.47 Å². The maximum atomic E-state index is 5.44. The van der Waals surface area contributed by atoms with Crippen LogP contribution in [-0.2, 0) is 5.41 Å². The van der Waals surface area contributed by atoms with Crippen LogP contribution in [0.4, 0.5) is 6.01 Å². The summed E-state index contributed by atoms with van der Waals surface area (Å²) in [5.74, 6) is 0.511. The number of aromatic nitrogens is 2. The van der Waals surface area contributed by atoms with Crippen molar-refractivity contribution < 1.29 is 4.42 Å². The summed E-state index contributed by atoms with van der Waals surface area (Å²) in [6.07, 6.45) is 0. The molecule has 0 unspecified atom stereocenters. The van der Waals surface area contributed by atoms with Crippen LogP contribution in [0, 0.1) is 0 Å². The van der Waals surface area contributed by atoms with E-state index >= 15 is 0 Å². The molecule has 5 heteroatoms. The fourth-order valence-corrected chi connectivity index (χ4v) is 2.35. The van der Waals surface area contributed by atoms with E-state index in [0.29, 0.717) is 5.89 Å². The highest BCUT2D eigenvalue weighted by Gasteiger charge is 2.30. The highest BCUT2D eigenvalue weighted by Crippen LogP contribution is 2.35. The molecular formula is C11H12BrN3O. The van der Waals surface area contributed by atoms with Crippen molar-refractivity contribution in [1.82, 2.24) is 10.2 Å².